The number of fused-ring (bicyclic) bond motifs is 3. The molecule has 1 aliphatic heterocycles. The minimum absolute atomic E-state index is 0.130. The summed E-state index contributed by atoms with van der Waals surface area (Å²) in [5.74, 6) is 3.01. The molecule has 6 aromatic heterocycles. The average Bonchev–Trinajstić information content (AvgIpc) is 4.50. The quantitative estimate of drug-likeness (QED) is 0.0758. The number of hydrogen-bond donors (Lipinski definition) is 3. The molecule has 0 fully saturated rings. The van der Waals surface area contributed by atoms with E-state index in [9.17, 15) is 28.8 Å². The summed E-state index contributed by atoms with van der Waals surface area (Å²) in [4.78, 5) is 92.6. The van der Waals surface area contributed by atoms with Crippen molar-refractivity contribution in [3.05, 3.63) is 143 Å². The van der Waals surface area contributed by atoms with E-state index in [0.717, 1.165) is 22.4 Å². The average molecular weight is 1060 g/mol. The van der Waals surface area contributed by atoms with Crippen LogP contribution in [0.1, 0.15) is 70.1 Å². The van der Waals surface area contributed by atoms with Crippen molar-refractivity contribution in [1.82, 2.24) is 57.8 Å². The van der Waals surface area contributed by atoms with Crippen LogP contribution in [0.2, 0.25) is 0 Å². The SMILES string of the molecule is CCCn1c(=O)c2[nH]c(-c3cc(NC(=O)Cc4ccc(OCc5ccccc5)cc4)nn3C)nc2n(CCC)c1=O.CCCn1c(=O)c2[nH]c(-c3cc(OCC(=O)Cc4ccc5c(c4)OCO5)nn3C)nc2n(CCC)c1=O. The zero-order chi connectivity index (χ0) is 55.0. The zero-order valence-corrected chi connectivity index (χ0v) is 44.3. The zero-order valence-electron chi connectivity index (χ0n) is 44.3. The van der Waals surface area contributed by atoms with E-state index in [-0.39, 0.29) is 66.2 Å². The van der Waals surface area contributed by atoms with Gasteiger partial charge in [0.1, 0.15) is 41.4 Å². The van der Waals surface area contributed by atoms with Crippen molar-refractivity contribution in [3.63, 3.8) is 0 Å². The number of carbonyl (C=O) groups excluding carboxylic acids is 2. The molecule has 3 aromatic carbocycles. The third kappa shape index (κ3) is 11.6. The standard InChI is InChI=1S/C30H33N7O4.C25H28N6O6/c1-4-15-36-28-26(29(39)37(16-5-2)30(36)40)32-27(33-28)23-18-24(34-35(23)3)31-25(38)17-20-11-13-22(14-12-20)41-19-21-9-7-6-8-10-21;1-4-8-30-23-21(24(33)31(9-5-2)25(30)34)26-22(27-23)17-12-20(28-29(17)3)35-13-16(32)10-15-6-7-18-19(11-15)37-14-36-18/h6-14,18H,4-5,15-17,19H2,1-3H3,(H,32,33)(H,31,34,38);6-7,11-12H,4-5,8-10,13-14H2,1-3H3,(H,26,27). The van der Waals surface area contributed by atoms with Gasteiger partial charge in [-0.15, -0.1) is 5.10 Å². The molecule has 1 aliphatic rings. The number of amides is 1. The number of H-pyrrole nitrogens is 2. The molecule has 0 bridgehead atoms. The molecule has 0 aliphatic carbocycles. The first kappa shape index (κ1) is 53.5. The number of aryl methyl sites for hydroxylation is 4. The van der Waals surface area contributed by atoms with Gasteiger partial charge in [0.25, 0.3) is 11.1 Å². The van der Waals surface area contributed by atoms with Crippen molar-refractivity contribution in [2.24, 2.45) is 14.1 Å². The fraction of sp³-hybridized carbons (Fsp3) is 0.345. The summed E-state index contributed by atoms with van der Waals surface area (Å²) in [6, 6.07) is 26.0. The van der Waals surface area contributed by atoms with Crippen molar-refractivity contribution in [1.29, 1.82) is 0 Å². The van der Waals surface area contributed by atoms with Crippen LogP contribution in [0, 0.1) is 0 Å². The number of nitrogens with zero attached hydrogens (tertiary/aromatic N) is 10. The smallest absolute Gasteiger partial charge is 0.332 e. The van der Waals surface area contributed by atoms with Crippen molar-refractivity contribution in [2.45, 2.75) is 99.0 Å². The van der Waals surface area contributed by atoms with Gasteiger partial charge in [0.2, 0.25) is 18.6 Å². The number of ketones is 1. The molecule has 3 N–H and O–H groups in total. The lowest BCUT2D eigenvalue weighted by Gasteiger charge is -2.09. The highest BCUT2D eigenvalue weighted by atomic mass is 16.7. The molecule has 10 rings (SSSR count). The summed E-state index contributed by atoms with van der Waals surface area (Å²) >= 11 is 0. The molecule has 406 valence electrons. The molecule has 0 radical (unpaired) electrons. The van der Waals surface area contributed by atoms with E-state index >= 15 is 0 Å². The Bertz CT molecular complexity index is 3880. The van der Waals surface area contributed by atoms with E-state index in [1.165, 1.54) is 18.3 Å². The van der Waals surface area contributed by atoms with Crippen molar-refractivity contribution < 1.29 is 28.5 Å². The Morgan fingerprint density at radius 1 is 0.603 bits per heavy atom. The predicted octanol–water partition coefficient (Wildman–Crippen LogP) is 5.89. The molecule has 9 aromatic rings. The van der Waals surface area contributed by atoms with Crippen LogP contribution in [0.25, 0.3) is 45.4 Å². The first-order valence-corrected chi connectivity index (χ1v) is 25.9. The third-order valence-corrected chi connectivity index (χ3v) is 12.8. The van der Waals surface area contributed by atoms with E-state index in [1.807, 2.05) is 88.4 Å². The van der Waals surface area contributed by atoms with Gasteiger partial charge >= 0.3 is 11.4 Å². The molecule has 0 saturated heterocycles. The molecule has 23 nitrogen and oxygen atoms in total. The van der Waals surface area contributed by atoms with Gasteiger partial charge in [-0.2, -0.15) is 5.10 Å². The minimum atomic E-state index is -0.402. The molecule has 0 spiro atoms. The van der Waals surface area contributed by atoms with Crippen LogP contribution >= 0.6 is 0 Å². The lowest BCUT2D eigenvalue weighted by Crippen LogP contribution is -2.40. The van der Waals surface area contributed by atoms with Gasteiger partial charge in [0, 0.05) is 58.8 Å². The molecule has 23 heteroatoms. The maximum atomic E-state index is 13.1. The Morgan fingerprint density at radius 3 is 1.76 bits per heavy atom. The highest BCUT2D eigenvalue weighted by Gasteiger charge is 2.23. The summed E-state index contributed by atoms with van der Waals surface area (Å²) in [5.41, 5.74) is 3.45. The highest BCUT2D eigenvalue weighted by Crippen LogP contribution is 2.33. The second kappa shape index (κ2) is 23.7. The Morgan fingerprint density at radius 2 is 1.15 bits per heavy atom. The number of anilines is 1. The molecule has 78 heavy (non-hydrogen) atoms. The van der Waals surface area contributed by atoms with Crippen LogP contribution in [0.15, 0.2) is 104 Å². The third-order valence-electron chi connectivity index (χ3n) is 12.8. The topological polar surface area (TPSA) is 264 Å². The van der Waals surface area contributed by atoms with Crippen LogP contribution in [-0.2, 0) is 69.3 Å². The number of carbonyl (C=O) groups is 2. The summed E-state index contributed by atoms with van der Waals surface area (Å²) in [6.45, 7) is 9.77. The maximum Gasteiger partial charge on any atom is 0.332 e. The van der Waals surface area contributed by atoms with Gasteiger partial charge in [-0.1, -0.05) is 76.2 Å². The summed E-state index contributed by atoms with van der Waals surface area (Å²) in [6.07, 6.45) is 3.08. The van der Waals surface area contributed by atoms with Gasteiger partial charge in [0.05, 0.1) is 6.42 Å². The summed E-state index contributed by atoms with van der Waals surface area (Å²) in [5, 5.41) is 11.6. The fourth-order valence-electron chi connectivity index (χ4n) is 9.05. The van der Waals surface area contributed by atoms with Gasteiger partial charge in [-0.05, 0) is 66.6 Å². The van der Waals surface area contributed by atoms with E-state index in [1.54, 1.807) is 47.7 Å². The van der Waals surface area contributed by atoms with Gasteiger partial charge in [0.15, 0.2) is 46.0 Å². The van der Waals surface area contributed by atoms with Crippen molar-refractivity contribution in [3.8, 4) is 46.2 Å². The highest BCUT2D eigenvalue weighted by molar-refractivity contribution is 5.92. The van der Waals surface area contributed by atoms with Gasteiger partial charge in [-0.25, -0.2) is 19.6 Å². The Balaban J connectivity index is 0.000000191. The molecule has 7 heterocycles. The first-order valence-electron chi connectivity index (χ1n) is 25.9. The predicted molar refractivity (Wildman–Crippen MR) is 291 cm³/mol. The van der Waals surface area contributed by atoms with Gasteiger partial charge in [-0.3, -0.25) is 46.8 Å². The number of hydrogen-bond acceptors (Lipinski definition) is 14. The van der Waals surface area contributed by atoms with Crippen LogP contribution in [0.3, 0.4) is 0 Å². The van der Waals surface area contributed by atoms with Crippen molar-refractivity contribution in [2.75, 3.05) is 18.7 Å². The van der Waals surface area contributed by atoms with Crippen LogP contribution < -0.4 is 46.8 Å². The van der Waals surface area contributed by atoms with E-state index in [4.69, 9.17) is 18.9 Å². The van der Waals surface area contributed by atoms with E-state index in [0.29, 0.717) is 110 Å². The number of aromatic amines is 2. The van der Waals surface area contributed by atoms with Crippen molar-refractivity contribution >= 4 is 39.8 Å². The number of nitrogens with one attached hydrogen (secondary N) is 3. The summed E-state index contributed by atoms with van der Waals surface area (Å²) < 4.78 is 30.8. The number of ether oxygens (including phenoxy) is 4. The van der Waals surface area contributed by atoms with Gasteiger partial charge < -0.3 is 34.2 Å². The van der Waals surface area contributed by atoms with Crippen LogP contribution in [-0.4, -0.2) is 82.9 Å². The van der Waals surface area contributed by atoms with Crippen LogP contribution in [0.4, 0.5) is 5.82 Å². The van der Waals surface area contributed by atoms with E-state index in [2.05, 4.69) is 35.5 Å². The largest absolute Gasteiger partial charge is 0.489 e. The lowest BCUT2D eigenvalue weighted by atomic mass is 10.1. The fourth-order valence-corrected chi connectivity index (χ4v) is 9.05. The second-order valence-electron chi connectivity index (χ2n) is 18.7. The summed E-state index contributed by atoms with van der Waals surface area (Å²) in [7, 11) is 3.43. The second-order valence-corrected chi connectivity index (χ2v) is 18.7. The maximum absolute atomic E-state index is 13.1. The molecule has 0 unspecified atom stereocenters. The number of benzene rings is 3. The first-order chi connectivity index (χ1) is 37.8. The molecule has 1 amide bonds. The van der Waals surface area contributed by atoms with E-state index < -0.39 is 11.1 Å². The number of rotatable bonds is 21. The Kier molecular flexibility index (Phi) is 16.3. The molecule has 0 saturated carbocycles. The molecular weight excluding hydrogens is 1000 g/mol. The monoisotopic (exact) mass is 1060 g/mol. The number of Topliss-reactive ketones (excluding diaryl/α,β-unsaturated/α-hetero) is 1. The van der Waals surface area contributed by atoms with Crippen LogP contribution in [0.5, 0.6) is 23.1 Å². The Hall–Kier alpha value is -9.28. The molecular formula is C55H61N13O10. The number of imidazole rings is 2. The normalized spacial score (nSPS) is 11.8. The molecule has 0 atom stereocenters. The Labute approximate surface area is 446 Å². The minimum Gasteiger partial charge on any atom is -0.489 e. The lowest BCUT2D eigenvalue weighted by molar-refractivity contribution is -0.120. The number of aromatic nitrogens is 12.